The van der Waals surface area contributed by atoms with Crippen molar-refractivity contribution >= 4 is 15.9 Å². The van der Waals surface area contributed by atoms with E-state index < -0.39 is 16.1 Å². The fourth-order valence-electron chi connectivity index (χ4n) is 0.424. The summed E-state index contributed by atoms with van der Waals surface area (Å²) >= 11 is 0. The lowest BCUT2D eigenvalue weighted by Gasteiger charge is -1.87. The SMILES string of the molecule is CS(=O)(=O)O.Nc1cccc(F)n1. The third-order valence-electron chi connectivity index (χ3n) is 0.737. The van der Waals surface area contributed by atoms with Crippen LogP contribution in [-0.4, -0.2) is 24.2 Å². The molecule has 0 fully saturated rings. The highest BCUT2D eigenvalue weighted by Gasteiger charge is 1.86. The Morgan fingerprint density at radius 1 is 1.54 bits per heavy atom. The maximum absolute atomic E-state index is 12.0. The van der Waals surface area contributed by atoms with Crippen LogP contribution < -0.4 is 5.73 Å². The van der Waals surface area contributed by atoms with Crippen molar-refractivity contribution in [2.45, 2.75) is 0 Å². The molecule has 3 N–H and O–H groups in total. The molecule has 0 bridgehead atoms. The quantitative estimate of drug-likeness (QED) is 0.472. The van der Waals surface area contributed by atoms with Gasteiger partial charge in [-0.25, -0.2) is 4.98 Å². The molecule has 1 aromatic heterocycles. The Balaban J connectivity index is 0.000000252. The number of rotatable bonds is 0. The summed E-state index contributed by atoms with van der Waals surface area (Å²) in [5.41, 5.74) is 5.11. The second-order valence-electron chi connectivity index (χ2n) is 2.12. The number of nitrogen functional groups attached to an aromatic ring is 1. The molecule has 0 saturated heterocycles. The second kappa shape index (κ2) is 4.73. The summed E-state index contributed by atoms with van der Waals surface area (Å²) < 4.78 is 37.8. The van der Waals surface area contributed by atoms with Crippen LogP contribution in [0.3, 0.4) is 0 Å². The van der Waals surface area contributed by atoms with Gasteiger partial charge in [0.25, 0.3) is 10.1 Å². The Morgan fingerprint density at radius 2 is 2.00 bits per heavy atom. The predicted octanol–water partition coefficient (Wildman–Crippen LogP) is 0.307. The minimum Gasteiger partial charge on any atom is -0.384 e. The maximum atomic E-state index is 12.0. The number of hydrogen-bond donors (Lipinski definition) is 2. The summed E-state index contributed by atoms with van der Waals surface area (Å²) in [4.78, 5) is 3.28. The average molecular weight is 208 g/mol. The number of nitrogens with two attached hydrogens (primary N) is 1. The van der Waals surface area contributed by atoms with Crippen LogP contribution in [0.5, 0.6) is 0 Å². The molecular weight excluding hydrogens is 199 g/mol. The zero-order valence-corrected chi connectivity index (χ0v) is 7.62. The van der Waals surface area contributed by atoms with E-state index in [1.165, 1.54) is 18.2 Å². The number of anilines is 1. The Kier molecular flexibility index (Phi) is 4.29. The van der Waals surface area contributed by atoms with Crippen molar-refractivity contribution in [3.63, 3.8) is 0 Å². The molecule has 0 aliphatic carbocycles. The van der Waals surface area contributed by atoms with E-state index in [1.807, 2.05) is 0 Å². The fourth-order valence-corrected chi connectivity index (χ4v) is 0.424. The van der Waals surface area contributed by atoms with E-state index in [0.29, 0.717) is 6.26 Å². The molecule has 0 unspecified atom stereocenters. The summed E-state index contributed by atoms with van der Waals surface area (Å²) in [5.74, 6) is -0.324. The Labute approximate surface area is 75.2 Å². The average Bonchev–Trinajstić information content (AvgIpc) is 1.81. The third kappa shape index (κ3) is 10.8. The van der Waals surface area contributed by atoms with Gasteiger partial charge in [0.15, 0.2) is 0 Å². The van der Waals surface area contributed by atoms with Crippen molar-refractivity contribution in [2.24, 2.45) is 0 Å². The van der Waals surface area contributed by atoms with Crippen LogP contribution in [-0.2, 0) is 10.1 Å². The second-order valence-corrected chi connectivity index (χ2v) is 3.58. The molecule has 0 aliphatic rings. The number of hydrogen-bond acceptors (Lipinski definition) is 4. The molecule has 5 nitrogen and oxygen atoms in total. The normalized spacial score (nSPS) is 10.1. The van der Waals surface area contributed by atoms with Gasteiger partial charge in [0.05, 0.1) is 6.26 Å². The van der Waals surface area contributed by atoms with Gasteiger partial charge in [-0.2, -0.15) is 12.8 Å². The molecule has 0 aliphatic heterocycles. The van der Waals surface area contributed by atoms with Gasteiger partial charge in [0.1, 0.15) is 5.82 Å². The van der Waals surface area contributed by atoms with Crippen LogP contribution in [0.4, 0.5) is 10.2 Å². The first-order chi connectivity index (χ1) is 5.79. The lowest BCUT2D eigenvalue weighted by molar-refractivity contribution is 0.490. The van der Waals surface area contributed by atoms with Crippen LogP contribution in [0, 0.1) is 5.95 Å². The molecule has 7 heteroatoms. The Bertz CT molecular complexity index is 341. The van der Waals surface area contributed by atoms with Gasteiger partial charge < -0.3 is 5.73 Å². The molecule has 0 atom stereocenters. The molecule has 74 valence electrons. The zero-order chi connectivity index (χ0) is 10.5. The predicted molar refractivity (Wildman–Crippen MR) is 46.1 cm³/mol. The first-order valence-corrected chi connectivity index (χ1v) is 4.94. The van der Waals surface area contributed by atoms with Gasteiger partial charge in [0, 0.05) is 0 Å². The van der Waals surface area contributed by atoms with Crippen molar-refractivity contribution in [1.29, 1.82) is 0 Å². The summed E-state index contributed by atoms with van der Waals surface area (Å²) in [7, 11) is -3.67. The summed E-state index contributed by atoms with van der Waals surface area (Å²) in [5, 5.41) is 0. The van der Waals surface area contributed by atoms with E-state index in [-0.39, 0.29) is 5.82 Å². The van der Waals surface area contributed by atoms with Gasteiger partial charge in [0.2, 0.25) is 5.95 Å². The van der Waals surface area contributed by atoms with Crippen LogP contribution in [0.25, 0.3) is 0 Å². The van der Waals surface area contributed by atoms with E-state index in [9.17, 15) is 12.8 Å². The van der Waals surface area contributed by atoms with Crippen molar-refractivity contribution < 1.29 is 17.4 Å². The highest BCUT2D eigenvalue weighted by atomic mass is 32.2. The number of aromatic nitrogens is 1. The van der Waals surface area contributed by atoms with Crippen molar-refractivity contribution in [3.8, 4) is 0 Å². The largest absolute Gasteiger partial charge is 0.384 e. The van der Waals surface area contributed by atoms with E-state index in [4.69, 9.17) is 10.3 Å². The monoisotopic (exact) mass is 208 g/mol. The van der Waals surface area contributed by atoms with Crippen molar-refractivity contribution in [3.05, 3.63) is 24.1 Å². The van der Waals surface area contributed by atoms with E-state index in [2.05, 4.69) is 4.98 Å². The molecule has 1 rings (SSSR count). The third-order valence-corrected chi connectivity index (χ3v) is 0.737. The minimum atomic E-state index is -3.67. The van der Waals surface area contributed by atoms with Crippen LogP contribution in [0.2, 0.25) is 0 Å². The lowest BCUT2D eigenvalue weighted by atomic mass is 10.5. The first kappa shape index (κ1) is 11.8. The first-order valence-electron chi connectivity index (χ1n) is 3.09. The molecule has 1 aromatic rings. The summed E-state index contributed by atoms with van der Waals surface area (Å²) in [6.45, 7) is 0. The summed E-state index contributed by atoms with van der Waals surface area (Å²) in [6, 6.07) is 4.29. The summed E-state index contributed by atoms with van der Waals surface area (Å²) in [6.07, 6.45) is 0.715. The number of nitrogens with zero attached hydrogens (tertiary/aromatic N) is 1. The molecule has 13 heavy (non-hydrogen) atoms. The van der Waals surface area contributed by atoms with Crippen molar-refractivity contribution in [2.75, 3.05) is 12.0 Å². The Hall–Kier alpha value is -1.21. The van der Waals surface area contributed by atoms with Crippen LogP contribution >= 0.6 is 0 Å². The smallest absolute Gasteiger partial charge is 0.261 e. The minimum absolute atomic E-state index is 0.213. The van der Waals surface area contributed by atoms with Gasteiger partial charge in [-0.1, -0.05) is 6.07 Å². The van der Waals surface area contributed by atoms with Gasteiger partial charge in [-0.3, -0.25) is 4.55 Å². The Morgan fingerprint density at radius 3 is 2.23 bits per heavy atom. The van der Waals surface area contributed by atoms with Crippen LogP contribution in [0.15, 0.2) is 18.2 Å². The molecule has 0 spiro atoms. The number of halogens is 1. The maximum Gasteiger partial charge on any atom is 0.261 e. The molecule has 0 saturated carbocycles. The highest BCUT2D eigenvalue weighted by molar-refractivity contribution is 7.85. The molecule has 1 heterocycles. The van der Waals surface area contributed by atoms with Crippen molar-refractivity contribution in [1.82, 2.24) is 4.98 Å². The fraction of sp³-hybridized carbons (Fsp3) is 0.167. The van der Waals surface area contributed by atoms with E-state index >= 15 is 0 Å². The van der Waals surface area contributed by atoms with Gasteiger partial charge >= 0.3 is 0 Å². The topological polar surface area (TPSA) is 93.3 Å². The molecule has 0 radical (unpaired) electrons. The van der Waals surface area contributed by atoms with Crippen LogP contribution in [0.1, 0.15) is 0 Å². The molecule has 0 amide bonds. The van der Waals surface area contributed by atoms with E-state index in [0.717, 1.165) is 0 Å². The van der Waals surface area contributed by atoms with E-state index in [1.54, 1.807) is 0 Å². The van der Waals surface area contributed by atoms with Gasteiger partial charge in [-0.05, 0) is 12.1 Å². The molecular formula is C6H9FN2O3S. The lowest BCUT2D eigenvalue weighted by Crippen LogP contribution is -1.90. The standard InChI is InChI=1S/C5H5FN2.CH4O3S/c6-4-2-1-3-5(7)8-4;1-5(2,3)4/h1-3H,(H2,7,8);1H3,(H,2,3,4). The highest BCUT2D eigenvalue weighted by Crippen LogP contribution is 1.96. The van der Waals surface area contributed by atoms with Gasteiger partial charge in [-0.15, -0.1) is 0 Å². The zero-order valence-electron chi connectivity index (χ0n) is 6.81. The molecule has 0 aromatic carbocycles. The number of pyridine rings is 1.